The Morgan fingerprint density at radius 1 is 1.20 bits per heavy atom. The quantitative estimate of drug-likeness (QED) is 0.784. The summed E-state index contributed by atoms with van der Waals surface area (Å²) in [4.78, 5) is 17.5. The van der Waals surface area contributed by atoms with E-state index >= 15 is 0 Å². The molecule has 0 aliphatic carbocycles. The largest absolute Gasteiger partial charge is 0.300 e. The van der Waals surface area contributed by atoms with Crippen LogP contribution in [0.3, 0.4) is 0 Å². The number of rotatable bonds is 2. The summed E-state index contributed by atoms with van der Waals surface area (Å²) >= 11 is 1.60. The first-order valence-electron chi connectivity index (χ1n) is 6.28. The van der Waals surface area contributed by atoms with Crippen LogP contribution in [0.4, 0.5) is 11.1 Å². The number of nitrogens with zero attached hydrogens (tertiary/aromatic N) is 4. The van der Waals surface area contributed by atoms with E-state index in [0.29, 0.717) is 5.95 Å². The highest BCUT2D eigenvalue weighted by atomic mass is 32.1. The summed E-state index contributed by atoms with van der Waals surface area (Å²) in [7, 11) is 0. The molecular weight excluding hydrogens is 270 g/mol. The smallest absolute Gasteiger partial charge is 0.229 e. The number of aryl methyl sites for hydroxylation is 1. The molecule has 1 aromatic carbocycles. The lowest BCUT2D eigenvalue weighted by Crippen LogP contribution is -1.97. The maximum absolute atomic E-state index is 4.65. The van der Waals surface area contributed by atoms with Crippen LogP contribution in [-0.4, -0.2) is 21.2 Å². The Kier molecular flexibility index (Phi) is 2.50. The molecule has 20 heavy (non-hydrogen) atoms. The fraction of sp³-hybridized carbons (Fsp3) is 0.143. The van der Waals surface area contributed by atoms with Gasteiger partial charge in [-0.25, -0.2) is 15.0 Å². The summed E-state index contributed by atoms with van der Waals surface area (Å²) in [5.74, 6) is 0.578. The molecule has 3 aromatic rings. The lowest BCUT2D eigenvalue weighted by Gasteiger charge is -2.00. The van der Waals surface area contributed by atoms with Gasteiger partial charge >= 0.3 is 0 Å². The van der Waals surface area contributed by atoms with Crippen molar-refractivity contribution in [1.82, 2.24) is 15.0 Å². The molecule has 98 valence electrons. The van der Waals surface area contributed by atoms with E-state index in [1.807, 2.05) is 19.2 Å². The van der Waals surface area contributed by atoms with Crippen LogP contribution in [0.1, 0.15) is 16.8 Å². The van der Waals surface area contributed by atoms with Crippen LogP contribution in [0.5, 0.6) is 0 Å². The number of nitrogens with one attached hydrogen (secondary N) is 1. The molecule has 0 bridgehead atoms. The third kappa shape index (κ3) is 1.85. The van der Waals surface area contributed by atoms with Gasteiger partial charge in [0.2, 0.25) is 5.95 Å². The number of fused-ring (bicyclic) bond motifs is 3. The zero-order chi connectivity index (χ0) is 13.5. The van der Waals surface area contributed by atoms with E-state index in [9.17, 15) is 0 Å². The van der Waals surface area contributed by atoms with Gasteiger partial charge in [0.1, 0.15) is 0 Å². The van der Waals surface area contributed by atoms with Crippen LogP contribution >= 0.6 is 11.3 Å². The Labute approximate surface area is 119 Å². The van der Waals surface area contributed by atoms with Crippen molar-refractivity contribution in [2.24, 2.45) is 4.99 Å². The third-order valence-corrected chi connectivity index (χ3v) is 4.12. The molecule has 0 saturated heterocycles. The van der Waals surface area contributed by atoms with Crippen LogP contribution in [0.15, 0.2) is 29.4 Å². The van der Waals surface area contributed by atoms with Gasteiger partial charge in [-0.3, -0.25) is 4.99 Å². The number of thiazole rings is 1. The third-order valence-electron chi connectivity index (χ3n) is 3.19. The highest BCUT2D eigenvalue weighted by Gasteiger charge is 2.14. The van der Waals surface area contributed by atoms with Crippen molar-refractivity contribution in [3.8, 4) is 0 Å². The van der Waals surface area contributed by atoms with Crippen molar-refractivity contribution in [2.45, 2.75) is 13.5 Å². The van der Waals surface area contributed by atoms with Crippen LogP contribution < -0.4 is 5.32 Å². The molecule has 0 fully saturated rings. The van der Waals surface area contributed by atoms with E-state index in [4.69, 9.17) is 0 Å². The first-order chi connectivity index (χ1) is 9.79. The van der Waals surface area contributed by atoms with E-state index in [1.165, 1.54) is 5.56 Å². The van der Waals surface area contributed by atoms with Gasteiger partial charge in [0.25, 0.3) is 0 Å². The fourth-order valence-corrected chi connectivity index (χ4v) is 3.11. The molecule has 0 unspecified atom stereocenters. The molecule has 1 N–H and O–H groups in total. The summed E-state index contributed by atoms with van der Waals surface area (Å²) in [6, 6.07) is 6.09. The number of hydrogen-bond acceptors (Lipinski definition) is 6. The van der Waals surface area contributed by atoms with E-state index in [2.05, 4.69) is 37.4 Å². The topological polar surface area (TPSA) is 63.1 Å². The Balaban J connectivity index is 1.76. The van der Waals surface area contributed by atoms with Gasteiger partial charge in [-0.2, -0.15) is 0 Å². The molecule has 6 heteroatoms. The maximum atomic E-state index is 4.65. The monoisotopic (exact) mass is 281 g/mol. The Morgan fingerprint density at radius 2 is 2.15 bits per heavy atom. The average Bonchev–Trinajstić information content (AvgIpc) is 3.02. The maximum Gasteiger partial charge on any atom is 0.229 e. The van der Waals surface area contributed by atoms with Gasteiger partial charge in [0.15, 0.2) is 5.13 Å². The molecule has 3 heterocycles. The molecule has 2 aromatic heterocycles. The van der Waals surface area contributed by atoms with E-state index in [-0.39, 0.29) is 0 Å². The van der Waals surface area contributed by atoms with Crippen molar-refractivity contribution >= 4 is 38.8 Å². The van der Waals surface area contributed by atoms with Crippen molar-refractivity contribution < 1.29 is 0 Å². The molecule has 0 spiro atoms. The van der Waals surface area contributed by atoms with Gasteiger partial charge in [-0.05, 0) is 24.6 Å². The molecule has 0 saturated carbocycles. The predicted octanol–water partition coefficient (Wildman–Crippen LogP) is 3.07. The lowest BCUT2D eigenvalue weighted by molar-refractivity contribution is 1.10. The lowest BCUT2D eigenvalue weighted by atomic mass is 10.1. The minimum Gasteiger partial charge on any atom is -0.300 e. The van der Waals surface area contributed by atoms with Crippen molar-refractivity contribution in [2.75, 3.05) is 5.32 Å². The minimum atomic E-state index is 0.578. The first kappa shape index (κ1) is 11.5. The standard InChI is InChI=1S/C14H11N5S/c1-8-4-5-16-13(17-8)19-14-18-12-10-7-15-6-9(10)2-3-11(12)20-14/h2-5,7H,6H2,1H3,(H,16,17,18,19). The molecule has 0 amide bonds. The Hall–Kier alpha value is -2.34. The molecular formula is C14H11N5S. The van der Waals surface area contributed by atoms with Gasteiger partial charge in [-0.15, -0.1) is 0 Å². The highest BCUT2D eigenvalue weighted by molar-refractivity contribution is 7.22. The number of hydrogen-bond donors (Lipinski definition) is 1. The first-order valence-corrected chi connectivity index (χ1v) is 7.10. The number of anilines is 2. The number of aromatic nitrogens is 3. The van der Waals surface area contributed by atoms with Gasteiger partial charge in [-0.1, -0.05) is 17.4 Å². The summed E-state index contributed by atoms with van der Waals surface area (Å²) in [5, 5.41) is 3.97. The summed E-state index contributed by atoms with van der Waals surface area (Å²) < 4.78 is 1.15. The molecule has 5 nitrogen and oxygen atoms in total. The van der Waals surface area contributed by atoms with E-state index in [0.717, 1.165) is 33.2 Å². The molecule has 0 atom stereocenters. The summed E-state index contributed by atoms with van der Waals surface area (Å²) in [6.07, 6.45) is 3.65. The SMILES string of the molecule is Cc1ccnc(Nc2nc3c4c(ccc3s2)CN=C4)n1. The fourth-order valence-electron chi connectivity index (χ4n) is 2.23. The van der Waals surface area contributed by atoms with Gasteiger partial charge < -0.3 is 5.32 Å². The Morgan fingerprint density at radius 3 is 3.05 bits per heavy atom. The van der Waals surface area contributed by atoms with Gasteiger partial charge in [0, 0.05) is 23.7 Å². The van der Waals surface area contributed by atoms with Crippen LogP contribution in [0.2, 0.25) is 0 Å². The van der Waals surface area contributed by atoms with Crippen molar-refractivity contribution in [3.05, 3.63) is 41.2 Å². The zero-order valence-corrected chi connectivity index (χ0v) is 11.6. The minimum absolute atomic E-state index is 0.578. The van der Waals surface area contributed by atoms with Crippen molar-refractivity contribution in [1.29, 1.82) is 0 Å². The summed E-state index contributed by atoms with van der Waals surface area (Å²) in [6.45, 7) is 2.70. The normalized spacial score (nSPS) is 12.8. The second-order valence-electron chi connectivity index (χ2n) is 4.62. The zero-order valence-electron chi connectivity index (χ0n) is 10.8. The predicted molar refractivity (Wildman–Crippen MR) is 81.0 cm³/mol. The Bertz CT molecular complexity index is 837. The molecule has 0 radical (unpaired) electrons. The van der Waals surface area contributed by atoms with E-state index < -0.39 is 0 Å². The second-order valence-corrected chi connectivity index (χ2v) is 5.65. The van der Waals surface area contributed by atoms with E-state index in [1.54, 1.807) is 17.5 Å². The average molecular weight is 281 g/mol. The van der Waals surface area contributed by atoms with Crippen LogP contribution in [0.25, 0.3) is 10.2 Å². The van der Waals surface area contributed by atoms with Gasteiger partial charge in [0.05, 0.1) is 16.8 Å². The number of benzene rings is 1. The summed E-state index contributed by atoms with van der Waals surface area (Å²) in [5.41, 5.74) is 4.30. The van der Waals surface area contributed by atoms with Crippen molar-refractivity contribution in [3.63, 3.8) is 0 Å². The van der Waals surface area contributed by atoms with Crippen LogP contribution in [0, 0.1) is 6.92 Å². The molecule has 4 rings (SSSR count). The molecule has 1 aliphatic rings. The second kappa shape index (κ2) is 4.35. The van der Waals surface area contributed by atoms with Crippen LogP contribution in [-0.2, 0) is 6.54 Å². The molecule has 1 aliphatic heterocycles. The highest BCUT2D eigenvalue weighted by Crippen LogP contribution is 2.32. The number of aliphatic imine (C=N–C) groups is 1.